The highest BCUT2D eigenvalue weighted by Gasteiger charge is 2.26. The second-order valence-corrected chi connectivity index (χ2v) is 10.4. The molecule has 1 heterocycles. The van der Waals surface area contributed by atoms with Gasteiger partial charge in [0.2, 0.25) is 5.43 Å². The van der Waals surface area contributed by atoms with Gasteiger partial charge in [0.25, 0.3) is 0 Å². The number of rotatable bonds is 6. The Morgan fingerprint density at radius 3 is 2.03 bits per heavy atom. The molecule has 1 N–H and O–H groups in total. The average Bonchev–Trinajstić information content (AvgIpc) is 2.82. The molecule has 0 unspecified atom stereocenters. The highest BCUT2D eigenvalue weighted by atomic mass is 79.9. The van der Waals surface area contributed by atoms with Crippen molar-refractivity contribution in [1.29, 1.82) is 0 Å². The molecule has 4 nitrogen and oxygen atoms in total. The minimum absolute atomic E-state index is 0.0407. The molecule has 8 heteroatoms. The molecule has 4 rings (SSSR count). The zero-order chi connectivity index (χ0) is 24.2. The van der Waals surface area contributed by atoms with E-state index >= 15 is 0 Å². The number of halogens is 3. The summed E-state index contributed by atoms with van der Waals surface area (Å²) in [4.78, 5) is 31.6. The topological polar surface area (TPSA) is 59.2 Å². The number of benzene rings is 3. The summed E-state index contributed by atoms with van der Waals surface area (Å²) >= 11 is 14.5. The van der Waals surface area contributed by atoms with Crippen molar-refractivity contribution in [3.05, 3.63) is 103 Å². The number of nitrogens with one attached hydrogen (secondary N) is 1. The van der Waals surface area contributed by atoms with Gasteiger partial charge in [-0.2, -0.15) is 0 Å². The van der Waals surface area contributed by atoms with E-state index in [1.807, 2.05) is 60.7 Å². The van der Waals surface area contributed by atoms with E-state index in [1.54, 1.807) is 19.1 Å². The molecule has 3 aromatic carbocycles. The first-order chi connectivity index (χ1) is 16.4. The smallest absolute Gasteiger partial charge is 0.344 e. The Bertz CT molecular complexity index is 1420. The van der Waals surface area contributed by atoms with Crippen LogP contribution >= 0.6 is 55.2 Å². The maximum absolute atomic E-state index is 14.0. The van der Waals surface area contributed by atoms with Crippen LogP contribution in [0.2, 0.25) is 5.02 Å². The third kappa shape index (κ3) is 5.18. The van der Waals surface area contributed by atoms with Crippen LogP contribution in [-0.2, 0) is 4.74 Å². The summed E-state index contributed by atoms with van der Waals surface area (Å²) in [5.74, 6) is -0.675. The normalized spacial score (nSPS) is 10.8. The summed E-state index contributed by atoms with van der Waals surface area (Å²) in [7, 11) is 0. The van der Waals surface area contributed by atoms with Crippen LogP contribution in [0.15, 0.2) is 96.3 Å². The van der Waals surface area contributed by atoms with Crippen molar-refractivity contribution in [2.75, 3.05) is 6.61 Å². The summed E-state index contributed by atoms with van der Waals surface area (Å²) in [5.41, 5.74) is 2.01. The van der Waals surface area contributed by atoms with Gasteiger partial charge in [-0.1, -0.05) is 91.6 Å². The van der Waals surface area contributed by atoms with Crippen molar-refractivity contribution in [2.24, 2.45) is 0 Å². The largest absolute Gasteiger partial charge is 0.462 e. The summed E-state index contributed by atoms with van der Waals surface area (Å²) in [6.45, 7) is 1.86. The van der Waals surface area contributed by atoms with Gasteiger partial charge < -0.3 is 9.72 Å². The van der Waals surface area contributed by atoms with Crippen LogP contribution < -0.4 is 5.43 Å². The Labute approximate surface area is 223 Å². The van der Waals surface area contributed by atoms with Gasteiger partial charge in [0.1, 0.15) is 5.56 Å². The molecule has 0 bridgehead atoms. The van der Waals surface area contributed by atoms with E-state index in [4.69, 9.17) is 16.3 Å². The summed E-state index contributed by atoms with van der Waals surface area (Å²) in [5, 5.41) is 0.598. The predicted octanol–water partition coefficient (Wildman–Crippen LogP) is 8.22. The van der Waals surface area contributed by atoms with Crippen molar-refractivity contribution in [1.82, 2.24) is 4.98 Å². The average molecular weight is 620 g/mol. The van der Waals surface area contributed by atoms with Gasteiger partial charge in [-0.05, 0) is 43.3 Å². The molecule has 1 aromatic heterocycles. The number of esters is 1. The van der Waals surface area contributed by atoms with Gasteiger partial charge >= 0.3 is 5.97 Å². The van der Waals surface area contributed by atoms with Crippen LogP contribution in [0, 0.1) is 0 Å². The molecule has 34 heavy (non-hydrogen) atoms. The zero-order valence-electron chi connectivity index (χ0n) is 17.9. The second kappa shape index (κ2) is 11.0. The number of hydrogen-bond donors (Lipinski definition) is 1. The lowest BCUT2D eigenvalue weighted by molar-refractivity contribution is 0.0525. The van der Waals surface area contributed by atoms with Gasteiger partial charge in [0, 0.05) is 30.0 Å². The fourth-order valence-electron chi connectivity index (χ4n) is 3.42. The van der Waals surface area contributed by atoms with E-state index in [0.717, 1.165) is 19.4 Å². The third-order valence-corrected chi connectivity index (χ3v) is 7.70. The monoisotopic (exact) mass is 617 g/mol. The Kier molecular flexibility index (Phi) is 7.99. The molecule has 0 saturated heterocycles. The van der Waals surface area contributed by atoms with Crippen molar-refractivity contribution >= 4 is 61.2 Å². The lowest BCUT2D eigenvalue weighted by Crippen LogP contribution is -2.22. The third-order valence-electron chi connectivity index (χ3n) is 4.96. The number of H-pyrrole nitrogens is 1. The molecule has 0 aliphatic carbocycles. The van der Waals surface area contributed by atoms with E-state index < -0.39 is 11.4 Å². The van der Waals surface area contributed by atoms with Gasteiger partial charge in [-0.15, -0.1) is 0 Å². The Hall–Kier alpha value is -2.32. The molecule has 172 valence electrons. The molecular formula is C26H18Br2ClNO3S. The molecule has 0 saturated carbocycles. The minimum Gasteiger partial charge on any atom is -0.462 e. The lowest BCUT2D eigenvalue weighted by Gasteiger charge is -2.17. The Morgan fingerprint density at radius 2 is 1.47 bits per heavy atom. The first-order valence-corrected chi connectivity index (χ1v) is 13.1. The van der Waals surface area contributed by atoms with Gasteiger partial charge in [0.05, 0.1) is 22.9 Å². The van der Waals surface area contributed by atoms with Gasteiger partial charge in [0.15, 0.2) is 0 Å². The van der Waals surface area contributed by atoms with E-state index in [2.05, 4.69) is 36.8 Å². The number of aromatic amines is 1. The Morgan fingerprint density at radius 1 is 0.912 bits per heavy atom. The maximum Gasteiger partial charge on any atom is 0.344 e. The van der Waals surface area contributed by atoms with Gasteiger partial charge in [-0.3, -0.25) is 4.79 Å². The van der Waals surface area contributed by atoms with Crippen LogP contribution in [0.1, 0.15) is 17.3 Å². The second-order valence-electron chi connectivity index (χ2n) is 7.14. The molecule has 0 radical (unpaired) electrons. The van der Waals surface area contributed by atoms with Crippen molar-refractivity contribution in [3.63, 3.8) is 0 Å². The molecule has 0 aliphatic rings. The molecule has 0 aliphatic heterocycles. The van der Waals surface area contributed by atoms with Crippen LogP contribution in [0.25, 0.3) is 22.5 Å². The number of carbonyl (C=O) groups excluding carboxylic acids is 1. The van der Waals surface area contributed by atoms with Crippen LogP contribution in [-0.4, -0.2) is 17.6 Å². The molecule has 0 atom stereocenters. The van der Waals surface area contributed by atoms with Crippen LogP contribution in [0.4, 0.5) is 0 Å². The number of aromatic nitrogens is 1. The zero-order valence-corrected chi connectivity index (χ0v) is 22.6. The minimum atomic E-state index is -0.675. The fraction of sp³-hybridized carbons (Fsp3) is 0.0769. The summed E-state index contributed by atoms with van der Waals surface area (Å²) < 4.78 is 6.84. The van der Waals surface area contributed by atoms with E-state index in [0.29, 0.717) is 26.9 Å². The van der Waals surface area contributed by atoms with E-state index in [-0.39, 0.29) is 12.2 Å². The Balaban J connectivity index is 2.06. The number of carbonyl (C=O) groups is 1. The molecular weight excluding hydrogens is 602 g/mol. The van der Waals surface area contributed by atoms with Crippen molar-refractivity contribution < 1.29 is 9.53 Å². The van der Waals surface area contributed by atoms with Crippen molar-refractivity contribution in [2.45, 2.75) is 16.7 Å². The maximum atomic E-state index is 14.0. The molecule has 0 spiro atoms. The quantitative estimate of drug-likeness (QED) is 0.221. The molecule has 4 aromatic rings. The molecule has 0 fully saturated rings. The summed E-state index contributed by atoms with van der Waals surface area (Å²) in [6.07, 6.45) is 0. The van der Waals surface area contributed by atoms with Crippen LogP contribution in [0.5, 0.6) is 0 Å². The number of ether oxygens (including phenoxy) is 1. The first kappa shape index (κ1) is 24.8. The van der Waals surface area contributed by atoms with E-state index in [1.165, 1.54) is 11.8 Å². The van der Waals surface area contributed by atoms with Crippen molar-refractivity contribution in [3.8, 4) is 22.5 Å². The summed E-state index contributed by atoms with van der Waals surface area (Å²) in [6, 6.07) is 22.2. The number of pyridine rings is 1. The molecule has 0 amide bonds. The lowest BCUT2D eigenvalue weighted by atomic mass is 10.0. The number of hydrogen-bond acceptors (Lipinski definition) is 4. The highest BCUT2D eigenvalue weighted by Crippen LogP contribution is 2.39. The SMILES string of the molecule is CCOC(=O)c1c(-c2ccccc2Br)[nH]c(-c2ccccc2Br)c(Sc2ccc(Cl)cc2)c1=O. The van der Waals surface area contributed by atoms with E-state index in [9.17, 15) is 9.59 Å². The standard InChI is InChI=1S/C26H18Br2ClNO3S/c1-2-33-26(32)21-22(17-7-3-5-9-19(17)27)30-23(18-8-4-6-10-20(18)28)25(24(21)31)34-16-13-11-15(29)12-14-16/h3-14H,2H2,1H3,(H,30,31). The fourth-order valence-corrected chi connectivity index (χ4v) is 5.48. The van der Waals surface area contributed by atoms with Crippen LogP contribution in [0.3, 0.4) is 0 Å². The predicted molar refractivity (Wildman–Crippen MR) is 145 cm³/mol. The first-order valence-electron chi connectivity index (χ1n) is 10.3. The van der Waals surface area contributed by atoms with Gasteiger partial charge in [-0.25, -0.2) is 4.79 Å². The highest BCUT2D eigenvalue weighted by molar-refractivity contribution is 9.11.